The zero-order valence-corrected chi connectivity index (χ0v) is 14.6. The molecule has 2 rings (SSSR count). The average molecular weight is 363 g/mol. The molecule has 2 aromatic rings. The van der Waals surface area contributed by atoms with Gasteiger partial charge in [-0.1, -0.05) is 44.2 Å². The summed E-state index contributed by atoms with van der Waals surface area (Å²) >= 11 is 8.97. The summed E-state index contributed by atoms with van der Waals surface area (Å²) in [7, 11) is 0. The fourth-order valence-electron chi connectivity index (χ4n) is 2.23. The van der Waals surface area contributed by atoms with E-state index < -0.39 is 0 Å². The van der Waals surface area contributed by atoms with Crippen molar-refractivity contribution < 1.29 is 0 Å². The van der Waals surface area contributed by atoms with Crippen molar-refractivity contribution in [1.29, 1.82) is 0 Å². The third-order valence-corrected chi connectivity index (χ3v) is 4.26. The number of thiocarbonyl (C=S) groups is 1. The fraction of sp³-hybridized carbons (Fsp3) is 0.235. The molecule has 110 valence electrons. The van der Waals surface area contributed by atoms with E-state index in [0.29, 0.717) is 5.11 Å². The van der Waals surface area contributed by atoms with E-state index in [0.717, 1.165) is 28.7 Å². The van der Waals surface area contributed by atoms with Crippen LogP contribution in [-0.2, 0) is 12.8 Å². The molecule has 0 unspecified atom stereocenters. The van der Waals surface area contributed by atoms with Gasteiger partial charge in [0.2, 0.25) is 0 Å². The third kappa shape index (κ3) is 4.05. The first-order chi connectivity index (χ1) is 10.2. The molecule has 0 bridgehead atoms. The lowest BCUT2D eigenvalue weighted by Gasteiger charge is -2.17. The summed E-state index contributed by atoms with van der Waals surface area (Å²) in [6.45, 7) is 4.31. The summed E-state index contributed by atoms with van der Waals surface area (Å²) < 4.78 is 0.994. The number of para-hydroxylation sites is 2. The van der Waals surface area contributed by atoms with Gasteiger partial charge in [0, 0.05) is 10.2 Å². The van der Waals surface area contributed by atoms with Gasteiger partial charge in [-0.2, -0.15) is 0 Å². The van der Waals surface area contributed by atoms with Gasteiger partial charge in [-0.05, 0) is 64.2 Å². The van der Waals surface area contributed by atoms with Crippen LogP contribution < -0.4 is 10.6 Å². The van der Waals surface area contributed by atoms with Crippen molar-refractivity contribution in [2.24, 2.45) is 0 Å². The number of halogens is 1. The molecule has 0 saturated carbocycles. The van der Waals surface area contributed by atoms with Crippen LogP contribution in [0.4, 0.5) is 11.4 Å². The number of anilines is 2. The summed E-state index contributed by atoms with van der Waals surface area (Å²) in [6, 6.07) is 14.3. The van der Waals surface area contributed by atoms with Crippen molar-refractivity contribution in [2.75, 3.05) is 10.6 Å². The van der Waals surface area contributed by atoms with Crippen LogP contribution in [0.5, 0.6) is 0 Å². The normalized spacial score (nSPS) is 10.2. The van der Waals surface area contributed by atoms with Crippen LogP contribution in [0.3, 0.4) is 0 Å². The first-order valence-electron chi connectivity index (χ1n) is 7.09. The Bertz CT molecular complexity index is 618. The smallest absolute Gasteiger partial charge is 0.175 e. The second-order valence-electron chi connectivity index (χ2n) is 4.72. The van der Waals surface area contributed by atoms with Crippen molar-refractivity contribution in [3.63, 3.8) is 0 Å². The number of hydrogen-bond donors (Lipinski definition) is 2. The number of rotatable bonds is 4. The zero-order valence-electron chi connectivity index (χ0n) is 12.2. The van der Waals surface area contributed by atoms with Crippen LogP contribution >= 0.6 is 28.1 Å². The molecule has 4 heteroatoms. The lowest BCUT2D eigenvalue weighted by Crippen LogP contribution is -2.21. The monoisotopic (exact) mass is 362 g/mol. The highest BCUT2D eigenvalue weighted by Crippen LogP contribution is 2.24. The topological polar surface area (TPSA) is 24.1 Å². The molecule has 0 heterocycles. The minimum Gasteiger partial charge on any atom is -0.332 e. The summed E-state index contributed by atoms with van der Waals surface area (Å²) in [5, 5.41) is 7.20. The Hall–Kier alpha value is -1.39. The molecule has 2 N–H and O–H groups in total. The zero-order chi connectivity index (χ0) is 15.2. The first-order valence-corrected chi connectivity index (χ1v) is 8.29. The van der Waals surface area contributed by atoms with Crippen molar-refractivity contribution in [3.8, 4) is 0 Å². The molecule has 2 aromatic carbocycles. The van der Waals surface area contributed by atoms with E-state index in [1.165, 1.54) is 11.1 Å². The largest absolute Gasteiger partial charge is 0.332 e. The van der Waals surface area contributed by atoms with E-state index in [1.807, 2.05) is 24.3 Å². The molecule has 21 heavy (non-hydrogen) atoms. The highest BCUT2D eigenvalue weighted by Gasteiger charge is 2.08. The van der Waals surface area contributed by atoms with Gasteiger partial charge in [0.05, 0.1) is 5.69 Å². The van der Waals surface area contributed by atoms with Crippen LogP contribution in [0.1, 0.15) is 25.0 Å². The highest BCUT2D eigenvalue weighted by atomic mass is 79.9. The number of aryl methyl sites for hydroxylation is 2. The first kappa shape index (κ1) is 16.0. The summed E-state index contributed by atoms with van der Waals surface area (Å²) in [5.74, 6) is 0. The summed E-state index contributed by atoms with van der Waals surface area (Å²) in [4.78, 5) is 0. The number of hydrogen-bond acceptors (Lipinski definition) is 1. The standard InChI is InChI=1S/C17H19BrN2S/c1-3-12-8-7-9-13(4-2)16(12)20-17(21)19-15-11-6-5-10-14(15)18/h5-11H,3-4H2,1-2H3,(H2,19,20,21). The second kappa shape index (κ2) is 7.57. The molecule has 0 radical (unpaired) electrons. The van der Waals surface area contributed by atoms with E-state index in [9.17, 15) is 0 Å². The Morgan fingerprint density at radius 2 is 1.57 bits per heavy atom. The van der Waals surface area contributed by atoms with Gasteiger partial charge in [0.1, 0.15) is 0 Å². The van der Waals surface area contributed by atoms with Gasteiger partial charge in [0.25, 0.3) is 0 Å². The molecule has 0 aromatic heterocycles. The molecule has 0 fully saturated rings. The predicted molar refractivity (Wildman–Crippen MR) is 99.2 cm³/mol. The van der Waals surface area contributed by atoms with Crippen molar-refractivity contribution in [1.82, 2.24) is 0 Å². The van der Waals surface area contributed by atoms with E-state index >= 15 is 0 Å². The minimum absolute atomic E-state index is 0.609. The quantitative estimate of drug-likeness (QED) is 0.713. The maximum Gasteiger partial charge on any atom is 0.175 e. The third-order valence-electron chi connectivity index (χ3n) is 3.36. The second-order valence-corrected chi connectivity index (χ2v) is 5.98. The molecular formula is C17H19BrN2S. The molecule has 2 nitrogen and oxygen atoms in total. The van der Waals surface area contributed by atoms with Gasteiger partial charge >= 0.3 is 0 Å². The van der Waals surface area contributed by atoms with Crippen molar-refractivity contribution in [2.45, 2.75) is 26.7 Å². The van der Waals surface area contributed by atoms with E-state index in [2.05, 4.69) is 58.6 Å². The van der Waals surface area contributed by atoms with Gasteiger partial charge in [-0.15, -0.1) is 0 Å². The molecule has 0 atom stereocenters. The lowest BCUT2D eigenvalue weighted by atomic mass is 10.0. The van der Waals surface area contributed by atoms with E-state index in [1.54, 1.807) is 0 Å². The average Bonchev–Trinajstić information content (AvgIpc) is 2.49. The van der Waals surface area contributed by atoms with E-state index in [-0.39, 0.29) is 0 Å². The van der Waals surface area contributed by atoms with Crippen molar-refractivity contribution in [3.05, 3.63) is 58.1 Å². The van der Waals surface area contributed by atoms with Crippen LogP contribution in [0, 0.1) is 0 Å². The van der Waals surface area contributed by atoms with Gasteiger partial charge in [-0.25, -0.2) is 0 Å². The van der Waals surface area contributed by atoms with Gasteiger partial charge in [-0.3, -0.25) is 0 Å². The SMILES string of the molecule is CCc1cccc(CC)c1NC(=S)Nc1ccccc1Br. The van der Waals surface area contributed by atoms with Gasteiger partial charge < -0.3 is 10.6 Å². The van der Waals surface area contributed by atoms with Crippen LogP contribution in [-0.4, -0.2) is 5.11 Å². The molecule has 0 spiro atoms. The molecule has 0 aliphatic rings. The Kier molecular flexibility index (Phi) is 5.76. The van der Waals surface area contributed by atoms with Crippen LogP contribution in [0.2, 0.25) is 0 Å². The summed E-state index contributed by atoms with van der Waals surface area (Å²) in [6.07, 6.45) is 1.96. The van der Waals surface area contributed by atoms with E-state index in [4.69, 9.17) is 12.2 Å². The molecule has 0 aliphatic heterocycles. The molecule has 0 amide bonds. The number of benzene rings is 2. The predicted octanol–water partition coefficient (Wildman–Crippen LogP) is 5.38. The van der Waals surface area contributed by atoms with Crippen LogP contribution in [0.25, 0.3) is 0 Å². The maximum atomic E-state index is 5.45. The van der Waals surface area contributed by atoms with Crippen molar-refractivity contribution >= 4 is 44.6 Å². The number of nitrogens with one attached hydrogen (secondary N) is 2. The summed E-state index contributed by atoms with van der Waals surface area (Å²) in [5.41, 5.74) is 4.66. The van der Waals surface area contributed by atoms with Crippen LogP contribution in [0.15, 0.2) is 46.9 Å². The Balaban J connectivity index is 2.18. The highest BCUT2D eigenvalue weighted by molar-refractivity contribution is 9.10. The Morgan fingerprint density at radius 1 is 0.952 bits per heavy atom. The molecule has 0 aliphatic carbocycles. The fourth-order valence-corrected chi connectivity index (χ4v) is 2.83. The van der Waals surface area contributed by atoms with Gasteiger partial charge in [0.15, 0.2) is 5.11 Å². The minimum atomic E-state index is 0.609. The maximum absolute atomic E-state index is 5.45. The Morgan fingerprint density at radius 3 is 2.14 bits per heavy atom. The molecule has 0 saturated heterocycles. The Labute approximate surface area is 140 Å². The lowest BCUT2D eigenvalue weighted by molar-refractivity contribution is 1.09. The molecular weight excluding hydrogens is 344 g/mol.